The van der Waals surface area contributed by atoms with Crippen LogP contribution in [0.3, 0.4) is 0 Å². The number of carbonyl (C=O) groups excluding carboxylic acids is 1. The van der Waals surface area contributed by atoms with E-state index in [0.29, 0.717) is 30.9 Å². The third-order valence-corrected chi connectivity index (χ3v) is 5.75. The zero-order valence-corrected chi connectivity index (χ0v) is 16.3. The van der Waals surface area contributed by atoms with E-state index >= 15 is 0 Å². The molecule has 0 aromatic carbocycles. The minimum absolute atomic E-state index is 0.122. The number of nitriles is 1. The number of nitrogens with two attached hydrogens (primary N) is 1. The van der Waals surface area contributed by atoms with Crippen molar-refractivity contribution in [1.82, 2.24) is 26.1 Å². The fourth-order valence-electron chi connectivity index (χ4n) is 4.24. The Bertz CT molecular complexity index is 763. The van der Waals surface area contributed by atoms with Gasteiger partial charge < -0.3 is 21.1 Å². The molecule has 3 aliphatic heterocycles. The highest BCUT2D eigenvalue weighted by atomic mass is 16.5. The summed E-state index contributed by atoms with van der Waals surface area (Å²) in [7, 11) is 0. The molecule has 0 bridgehead atoms. The maximum atomic E-state index is 13.1. The largest absolute Gasteiger partial charge is 0.488 e. The van der Waals surface area contributed by atoms with E-state index in [9.17, 15) is 4.79 Å². The number of fused-ring (bicyclic) bond motifs is 1. The molecular weight excluding hydrogens is 372 g/mol. The number of amides is 1. The molecule has 10 nitrogen and oxygen atoms in total. The Hall–Kier alpha value is -2.29. The Balaban J connectivity index is 1.42. The second kappa shape index (κ2) is 9.02. The third-order valence-electron chi connectivity index (χ3n) is 5.75. The minimum atomic E-state index is -0.515. The summed E-state index contributed by atoms with van der Waals surface area (Å²) in [5, 5.41) is 20.5. The molecule has 0 radical (unpaired) electrons. The van der Waals surface area contributed by atoms with Gasteiger partial charge in [0.05, 0.1) is 30.5 Å². The lowest BCUT2D eigenvalue weighted by Crippen LogP contribution is -2.57. The van der Waals surface area contributed by atoms with Gasteiger partial charge in [-0.15, -0.1) is 0 Å². The molecule has 3 aliphatic rings. The van der Waals surface area contributed by atoms with Crippen molar-refractivity contribution in [3.8, 4) is 11.8 Å². The molecule has 10 heteroatoms. The number of hydrazine groups is 1. The number of nitrogens with zero attached hydrogens (tertiary/aromatic N) is 3. The lowest BCUT2D eigenvalue weighted by atomic mass is 9.98. The number of hydrogen-bond acceptors (Lipinski definition) is 9. The Labute approximate surface area is 170 Å². The Morgan fingerprint density at radius 2 is 2.28 bits per heavy atom. The van der Waals surface area contributed by atoms with Crippen molar-refractivity contribution in [1.29, 1.82) is 5.26 Å². The molecule has 3 saturated heterocycles. The smallest absolute Gasteiger partial charge is 0.233 e. The van der Waals surface area contributed by atoms with Gasteiger partial charge in [0, 0.05) is 31.8 Å². The van der Waals surface area contributed by atoms with Gasteiger partial charge in [-0.25, -0.2) is 10.4 Å². The second-order valence-electron chi connectivity index (χ2n) is 7.84. The summed E-state index contributed by atoms with van der Waals surface area (Å²) < 4.78 is 6.13. The van der Waals surface area contributed by atoms with Crippen LogP contribution in [0.25, 0.3) is 0 Å². The van der Waals surface area contributed by atoms with Gasteiger partial charge in [-0.1, -0.05) is 0 Å². The van der Waals surface area contributed by atoms with Crippen LogP contribution < -0.4 is 31.8 Å². The van der Waals surface area contributed by atoms with Gasteiger partial charge in [0.25, 0.3) is 0 Å². The summed E-state index contributed by atoms with van der Waals surface area (Å²) >= 11 is 0. The lowest BCUT2D eigenvalue weighted by Gasteiger charge is -2.36. The first-order valence-corrected chi connectivity index (χ1v) is 10.2. The van der Waals surface area contributed by atoms with E-state index in [0.717, 1.165) is 25.9 Å². The molecule has 3 fully saturated rings. The molecule has 1 aromatic heterocycles. The van der Waals surface area contributed by atoms with Crippen LogP contribution in [-0.2, 0) is 4.79 Å². The number of piperidine rings is 1. The third kappa shape index (κ3) is 4.49. The Kier molecular flexibility index (Phi) is 6.22. The normalized spacial score (nSPS) is 30.3. The van der Waals surface area contributed by atoms with Crippen molar-refractivity contribution in [2.24, 2.45) is 17.6 Å². The van der Waals surface area contributed by atoms with E-state index in [2.05, 4.69) is 32.4 Å². The first kappa shape index (κ1) is 20.0. The summed E-state index contributed by atoms with van der Waals surface area (Å²) in [6.07, 6.45) is 4.99. The van der Waals surface area contributed by atoms with Crippen LogP contribution in [0.15, 0.2) is 18.5 Å². The number of pyridine rings is 1. The first-order chi connectivity index (χ1) is 14.2. The summed E-state index contributed by atoms with van der Waals surface area (Å²) in [5.74, 6) is 0.167. The van der Waals surface area contributed by atoms with Crippen molar-refractivity contribution in [2.45, 2.75) is 37.7 Å². The molecule has 4 atom stereocenters. The SMILES string of the molecule is N#CCC1CNC2C(C(=O)Nc3cnccc3OC3CCNCC3)C(N)NN2C1. The van der Waals surface area contributed by atoms with Crippen LogP contribution >= 0.6 is 0 Å². The highest BCUT2D eigenvalue weighted by Crippen LogP contribution is 2.29. The topological polar surface area (TPSA) is 140 Å². The molecule has 4 heterocycles. The van der Waals surface area contributed by atoms with Gasteiger partial charge in [0.15, 0.2) is 0 Å². The average Bonchev–Trinajstić information content (AvgIpc) is 3.05. The first-order valence-electron chi connectivity index (χ1n) is 10.2. The van der Waals surface area contributed by atoms with E-state index < -0.39 is 12.1 Å². The molecule has 0 saturated carbocycles. The number of ether oxygens (including phenoxy) is 1. The van der Waals surface area contributed by atoms with Crippen LogP contribution in [0.4, 0.5) is 5.69 Å². The zero-order valence-electron chi connectivity index (χ0n) is 16.3. The maximum Gasteiger partial charge on any atom is 0.233 e. The number of hydrogen-bond donors (Lipinski definition) is 5. The van der Waals surface area contributed by atoms with Gasteiger partial charge in [0.1, 0.15) is 17.5 Å². The second-order valence-corrected chi connectivity index (χ2v) is 7.84. The highest BCUT2D eigenvalue weighted by Gasteiger charge is 2.46. The predicted molar refractivity (Wildman–Crippen MR) is 106 cm³/mol. The Morgan fingerprint density at radius 1 is 1.45 bits per heavy atom. The fraction of sp³-hybridized carbons (Fsp3) is 0.632. The lowest BCUT2D eigenvalue weighted by molar-refractivity contribution is -0.121. The highest BCUT2D eigenvalue weighted by molar-refractivity contribution is 5.94. The van der Waals surface area contributed by atoms with Crippen LogP contribution in [0.5, 0.6) is 5.75 Å². The molecule has 4 unspecified atom stereocenters. The molecule has 1 amide bonds. The van der Waals surface area contributed by atoms with Crippen molar-refractivity contribution >= 4 is 11.6 Å². The summed E-state index contributed by atoms with van der Waals surface area (Å²) in [6.45, 7) is 3.22. The molecule has 4 rings (SSSR count). The van der Waals surface area contributed by atoms with E-state index in [1.54, 1.807) is 18.5 Å². The van der Waals surface area contributed by atoms with Gasteiger partial charge in [0.2, 0.25) is 5.91 Å². The van der Waals surface area contributed by atoms with E-state index in [1.807, 2.05) is 5.01 Å². The minimum Gasteiger partial charge on any atom is -0.488 e. The summed E-state index contributed by atoms with van der Waals surface area (Å²) in [6, 6.07) is 3.98. The van der Waals surface area contributed by atoms with E-state index in [4.69, 9.17) is 15.7 Å². The molecule has 29 heavy (non-hydrogen) atoms. The maximum absolute atomic E-state index is 13.1. The number of carbonyl (C=O) groups is 1. The van der Waals surface area contributed by atoms with Crippen LogP contribution in [0, 0.1) is 23.2 Å². The summed E-state index contributed by atoms with van der Waals surface area (Å²) in [4.78, 5) is 17.2. The van der Waals surface area contributed by atoms with Crippen molar-refractivity contribution in [2.75, 3.05) is 31.5 Å². The van der Waals surface area contributed by atoms with E-state index in [1.165, 1.54) is 0 Å². The van der Waals surface area contributed by atoms with Gasteiger partial charge in [-0.05, 0) is 31.8 Å². The molecule has 6 N–H and O–H groups in total. The van der Waals surface area contributed by atoms with Crippen LogP contribution in [-0.4, -0.2) is 60.5 Å². The van der Waals surface area contributed by atoms with Crippen LogP contribution in [0.2, 0.25) is 0 Å². The van der Waals surface area contributed by atoms with Crippen molar-refractivity contribution in [3.63, 3.8) is 0 Å². The standard InChI is InChI=1S/C19H28N8O2/c20-5-1-12-9-24-18-16(17(21)26-27(18)11-12)19(28)25-14-10-23-8-4-15(14)29-13-2-6-22-7-3-13/h4,8,10,12-13,16-18,22,24,26H,1-3,6-7,9,11,21H2,(H,25,28). The average molecular weight is 400 g/mol. The summed E-state index contributed by atoms with van der Waals surface area (Å²) in [5.41, 5.74) is 9.95. The molecule has 1 aromatic rings. The van der Waals surface area contributed by atoms with Crippen molar-refractivity contribution < 1.29 is 9.53 Å². The van der Waals surface area contributed by atoms with Crippen molar-refractivity contribution in [3.05, 3.63) is 18.5 Å². The molecule has 0 aliphatic carbocycles. The molecule has 0 spiro atoms. The van der Waals surface area contributed by atoms with Gasteiger partial charge in [-0.2, -0.15) is 5.26 Å². The Morgan fingerprint density at radius 3 is 3.07 bits per heavy atom. The number of nitrogens with one attached hydrogen (secondary N) is 4. The zero-order chi connectivity index (χ0) is 20.2. The molecular formula is C19H28N8O2. The van der Waals surface area contributed by atoms with E-state index in [-0.39, 0.29) is 24.1 Å². The fourth-order valence-corrected chi connectivity index (χ4v) is 4.24. The quantitative estimate of drug-likeness (QED) is 0.435. The number of rotatable bonds is 5. The van der Waals surface area contributed by atoms with Gasteiger partial charge in [-0.3, -0.25) is 15.1 Å². The number of aromatic nitrogens is 1. The number of anilines is 1. The predicted octanol–water partition coefficient (Wildman–Crippen LogP) is -0.669. The monoisotopic (exact) mass is 400 g/mol. The van der Waals surface area contributed by atoms with Gasteiger partial charge >= 0.3 is 0 Å². The van der Waals surface area contributed by atoms with Crippen LogP contribution in [0.1, 0.15) is 19.3 Å². The molecule has 156 valence electrons.